The van der Waals surface area contributed by atoms with Crippen LogP contribution in [0.5, 0.6) is 0 Å². The minimum atomic E-state index is -0.103. The predicted octanol–water partition coefficient (Wildman–Crippen LogP) is 4.58. The molecule has 3 aromatic rings. The molecule has 24 heavy (non-hydrogen) atoms. The van der Waals surface area contributed by atoms with Gasteiger partial charge in [-0.05, 0) is 36.8 Å². The van der Waals surface area contributed by atoms with Crippen LogP contribution in [0.15, 0.2) is 60.0 Å². The lowest BCUT2D eigenvalue weighted by atomic mass is 10.1. The number of thiazole rings is 1. The van der Waals surface area contributed by atoms with Gasteiger partial charge < -0.3 is 4.74 Å². The fourth-order valence-electron chi connectivity index (χ4n) is 2.43. The second kappa shape index (κ2) is 7.38. The van der Waals surface area contributed by atoms with Crippen molar-refractivity contribution >= 4 is 28.1 Å². The summed E-state index contributed by atoms with van der Waals surface area (Å²) in [4.78, 5) is 19.3. The molecule has 1 aromatic heterocycles. The van der Waals surface area contributed by atoms with Gasteiger partial charge in [0.1, 0.15) is 0 Å². The maximum Gasteiger partial charge on any atom is 0.264 e. The molecular formula is C19H18N2O2S. The highest BCUT2D eigenvalue weighted by molar-refractivity contribution is 7.14. The lowest BCUT2D eigenvalue weighted by Gasteiger charge is -2.20. The van der Waals surface area contributed by atoms with Crippen LogP contribution < -0.4 is 4.90 Å². The van der Waals surface area contributed by atoms with Crippen molar-refractivity contribution in [2.45, 2.75) is 13.5 Å². The lowest BCUT2D eigenvalue weighted by molar-refractivity contribution is 0.0999. The van der Waals surface area contributed by atoms with E-state index in [1.54, 1.807) is 12.0 Å². The molecule has 0 fully saturated rings. The maximum atomic E-state index is 13.2. The zero-order chi connectivity index (χ0) is 16.9. The molecule has 2 aromatic carbocycles. The van der Waals surface area contributed by atoms with Crippen molar-refractivity contribution in [1.82, 2.24) is 4.98 Å². The van der Waals surface area contributed by atoms with Crippen LogP contribution in [-0.2, 0) is 11.3 Å². The molecular weight excluding hydrogens is 320 g/mol. The molecule has 0 aliphatic carbocycles. The van der Waals surface area contributed by atoms with Crippen LogP contribution in [0.1, 0.15) is 21.6 Å². The van der Waals surface area contributed by atoms with E-state index in [2.05, 4.69) is 4.98 Å². The number of nitrogens with zero attached hydrogens (tertiary/aromatic N) is 2. The quantitative estimate of drug-likeness (QED) is 0.684. The molecule has 3 rings (SSSR count). The zero-order valence-corrected chi connectivity index (χ0v) is 14.4. The minimum Gasteiger partial charge on any atom is -0.380 e. The second-order valence-corrected chi connectivity index (χ2v) is 6.22. The zero-order valence-electron chi connectivity index (χ0n) is 13.6. The van der Waals surface area contributed by atoms with Crippen LogP contribution in [0.25, 0.3) is 0 Å². The highest BCUT2D eigenvalue weighted by Crippen LogP contribution is 2.30. The number of methoxy groups -OCH3 is 1. The summed E-state index contributed by atoms with van der Waals surface area (Å²) in [6.07, 6.45) is 0. The molecule has 0 bridgehead atoms. The Hall–Kier alpha value is -2.50. The Labute approximate surface area is 145 Å². The van der Waals surface area contributed by atoms with E-state index in [4.69, 9.17) is 4.74 Å². The number of carbonyl (C=O) groups is 1. The third-order valence-electron chi connectivity index (χ3n) is 3.50. The van der Waals surface area contributed by atoms with Gasteiger partial charge in [0.25, 0.3) is 5.91 Å². The molecule has 1 heterocycles. The molecule has 0 N–H and O–H groups in total. The molecule has 5 heteroatoms. The standard InChI is InChI=1S/C19H18N2O2S/c1-14-13-24-19(20-14)21(17-9-4-3-5-10-17)18(22)16-8-6-7-15(11-16)12-23-2/h3-11,13H,12H2,1-2H3. The number of benzene rings is 2. The van der Waals surface area contributed by atoms with Gasteiger partial charge in [0, 0.05) is 18.1 Å². The van der Waals surface area contributed by atoms with Crippen LogP contribution >= 0.6 is 11.3 Å². The Bertz CT molecular complexity index is 830. The van der Waals surface area contributed by atoms with Crippen LogP contribution in [0, 0.1) is 6.92 Å². The number of carbonyl (C=O) groups excluding carboxylic acids is 1. The fraction of sp³-hybridized carbons (Fsp3) is 0.158. The van der Waals surface area contributed by atoms with Gasteiger partial charge in [0.05, 0.1) is 18.0 Å². The van der Waals surface area contributed by atoms with E-state index in [1.807, 2.05) is 66.9 Å². The largest absolute Gasteiger partial charge is 0.380 e. The van der Waals surface area contributed by atoms with Crippen LogP contribution in [-0.4, -0.2) is 18.0 Å². The van der Waals surface area contributed by atoms with Crippen molar-refractivity contribution in [3.8, 4) is 0 Å². The summed E-state index contributed by atoms with van der Waals surface area (Å²) in [7, 11) is 1.64. The van der Waals surface area contributed by atoms with Crippen molar-refractivity contribution in [3.63, 3.8) is 0 Å². The van der Waals surface area contributed by atoms with E-state index in [9.17, 15) is 4.79 Å². The number of aryl methyl sites for hydroxylation is 1. The van der Waals surface area contributed by atoms with Gasteiger partial charge in [0.15, 0.2) is 5.13 Å². The van der Waals surface area contributed by atoms with Crippen molar-refractivity contribution < 1.29 is 9.53 Å². The highest BCUT2D eigenvalue weighted by Gasteiger charge is 2.22. The topological polar surface area (TPSA) is 42.4 Å². The Morgan fingerprint density at radius 1 is 1.17 bits per heavy atom. The van der Waals surface area contributed by atoms with E-state index in [0.29, 0.717) is 17.3 Å². The average Bonchev–Trinajstić information content (AvgIpc) is 3.02. The van der Waals surface area contributed by atoms with Gasteiger partial charge in [-0.15, -0.1) is 11.3 Å². The number of ether oxygens (including phenoxy) is 1. The number of aromatic nitrogens is 1. The van der Waals surface area contributed by atoms with Crippen molar-refractivity contribution in [1.29, 1.82) is 0 Å². The maximum absolute atomic E-state index is 13.2. The fourth-order valence-corrected chi connectivity index (χ4v) is 3.24. The van der Waals surface area contributed by atoms with E-state index < -0.39 is 0 Å². The van der Waals surface area contributed by atoms with Crippen LogP contribution in [0.3, 0.4) is 0 Å². The predicted molar refractivity (Wildman–Crippen MR) is 96.9 cm³/mol. The third-order valence-corrected chi connectivity index (χ3v) is 4.44. The summed E-state index contributed by atoms with van der Waals surface area (Å²) in [5, 5.41) is 2.61. The third kappa shape index (κ3) is 3.53. The molecule has 0 aliphatic heterocycles. The van der Waals surface area contributed by atoms with Gasteiger partial charge in [0.2, 0.25) is 0 Å². The smallest absolute Gasteiger partial charge is 0.264 e. The summed E-state index contributed by atoms with van der Waals surface area (Å²) < 4.78 is 5.16. The number of amides is 1. The van der Waals surface area contributed by atoms with Gasteiger partial charge >= 0.3 is 0 Å². The monoisotopic (exact) mass is 338 g/mol. The van der Waals surface area contributed by atoms with Gasteiger partial charge in [-0.1, -0.05) is 30.3 Å². The van der Waals surface area contributed by atoms with Gasteiger partial charge in [-0.3, -0.25) is 9.69 Å². The summed E-state index contributed by atoms with van der Waals surface area (Å²) in [5.74, 6) is -0.103. The summed E-state index contributed by atoms with van der Waals surface area (Å²) in [6, 6.07) is 17.1. The first kappa shape index (κ1) is 16.4. The van der Waals surface area contributed by atoms with E-state index >= 15 is 0 Å². The molecule has 0 aliphatic rings. The Kier molecular flexibility index (Phi) is 5.03. The highest BCUT2D eigenvalue weighted by atomic mass is 32.1. The van der Waals surface area contributed by atoms with Gasteiger partial charge in [-0.25, -0.2) is 4.98 Å². The molecule has 1 amide bonds. The molecule has 0 radical (unpaired) electrons. The van der Waals surface area contributed by atoms with Gasteiger partial charge in [-0.2, -0.15) is 0 Å². The summed E-state index contributed by atoms with van der Waals surface area (Å²) in [6.45, 7) is 2.40. The normalized spacial score (nSPS) is 10.6. The molecule has 4 nitrogen and oxygen atoms in total. The minimum absolute atomic E-state index is 0.103. The Morgan fingerprint density at radius 2 is 1.96 bits per heavy atom. The van der Waals surface area contributed by atoms with E-state index in [1.165, 1.54) is 11.3 Å². The summed E-state index contributed by atoms with van der Waals surface area (Å²) >= 11 is 1.46. The number of anilines is 2. The first-order valence-electron chi connectivity index (χ1n) is 7.58. The number of hydrogen-bond donors (Lipinski definition) is 0. The molecule has 0 atom stereocenters. The molecule has 0 saturated heterocycles. The number of hydrogen-bond acceptors (Lipinski definition) is 4. The molecule has 0 saturated carbocycles. The molecule has 0 spiro atoms. The second-order valence-electron chi connectivity index (χ2n) is 5.38. The summed E-state index contributed by atoms with van der Waals surface area (Å²) in [5.41, 5.74) is 3.28. The lowest BCUT2D eigenvalue weighted by Crippen LogP contribution is -2.26. The van der Waals surface area contributed by atoms with Crippen LogP contribution in [0.4, 0.5) is 10.8 Å². The molecule has 122 valence electrons. The Morgan fingerprint density at radius 3 is 2.62 bits per heavy atom. The van der Waals surface area contributed by atoms with Crippen LogP contribution in [0.2, 0.25) is 0 Å². The van der Waals surface area contributed by atoms with Crippen molar-refractivity contribution in [2.75, 3.05) is 12.0 Å². The SMILES string of the molecule is COCc1cccc(C(=O)N(c2ccccc2)c2nc(C)cs2)c1. The van der Waals surface area contributed by atoms with Crippen molar-refractivity contribution in [2.24, 2.45) is 0 Å². The number of para-hydroxylation sites is 1. The first-order valence-corrected chi connectivity index (χ1v) is 8.46. The number of rotatable bonds is 5. The van der Waals surface area contributed by atoms with E-state index in [0.717, 1.165) is 16.9 Å². The average molecular weight is 338 g/mol. The van der Waals surface area contributed by atoms with Crippen molar-refractivity contribution in [3.05, 3.63) is 76.8 Å². The first-order chi connectivity index (χ1) is 11.7. The van der Waals surface area contributed by atoms with E-state index in [-0.39, 0.29) is 5.91 Å². The Balaban J connectivity index is 2.02. The molecule has 0 unspecified atom stereocenters.